The normalized spacial score (nSPS) is 14.5. The molecule has 0 amide bonds. The molecule has 5 rings (SSSR count). The minimum atomic E-state index is -4.35. The monoisotopic (exact) mass is 441 g/mol. The van der Waals surface area contributed by atoms with Gasteiger partial charge in [-0.25, -0.2) is 9.97 Å². The van der Waals surface area contributed by atoms with E-state index in [1.165, 1.54) is 12.1 Å². The Kier molecular flexibility index (Phi) is 5.07. The molecule has 0 saturated carbocycles. The number of alkyl halides is 3. The number of hydrogen-bond donors (Lipinski definition) is 1. The second-order valence-electron chi connectivity index (χ2n) is 7.45. The maximum absolute atomic E-state index is 12.8. The van der Waals surface area contributed by atoms with Crippen molar-refractivity contribution >= 4 is 11.3 Å². The van der Waals surface area contributed by atoms with Crippen LogP contribution in [-0.4, -0.2) is 31.6 Å². The summed E-state index contributed by atoms with van der Waals surface area (Å²) in [5, 5.41) is 9.35. The van der Waals surface area contributed by atoms with Gasteiger partial charge in [0.1, 0.15) is 0 Å². The summed E-state index contributed by atoms with van der Waals surface area (Å²) in [5.74, 6) is 0.454. The third kappa shape index (κ3) is 4.11. The lowest BCUT2D eigenvalue weighted by Crippen LogP contribution is -2.31. The van der Waals surface area contributed by atoms with Crippen LogP contribution in [0.15, 0.2) is 54.2 Å². The molecule has 0 radical (unpaired) electrons. The van der Waals surface area contributed by atoms with Gasteiger partial charge in [0.2, 0.25) is 0 Å². The minimum Gasteiger partial charge on any atom is -0.294 e. The van der Waals surface area contributed by atoms with Crippen molar-refractivity contribution in [1.29, 1.82) is 0 Å². The number of H-pyrrole nitrogens is 1. The summed E-state index contributed by atoms with van der Waals surface area (Å²) in [5.41, 5.74) is 4.10. The van der Waals surface area contributed by atoms with E-state index in [1.54, 1.807) is 17.5 Å². The highest BCUT2D eigenvalue weighted by Gasteiger charge is 2.30. The number of nitrogens with zero attached hydrogens (tertiary/aromatic N) is 4. The molecule has 0 atom stereocenters. The van der Waals surface area contributed by atoms with Crippen LogP contribution in [0.2, 0.25) is 0 Å². The lowest BCUT2D eigenvalue weighted by molar-refractivity contribution is -0.137. The number of rotatable bonds is 4. The molecule has 1 aliphatic rings. The van der Waals surface area contributed by atoms with Gasteiger partial charge in [-0.2, -0.15) is 18.3 Å². The van der Waals surface area contributed by atoms with E-state index in [9.17, 15) is 13.2 Å². The van der Waals surface area contributed by atoms with Gasteiger partial charge in [-0.05, 0) is 23.6 Å². The lowest BCUT2D eigenvalue weighted by atomic mass is 10.1. The Morgan fingerprint density at radius 2 is 1.94 bits per heavy atom. The smallest absolute Gasteiger partial charge is 0.294 e. The van der Waals surface area contributed by atoms with E-state index >= 15 is 0 Å². The van der Waals surface area contributed by atoms with E-state index in [0.717, 1.165) is 65.6 Å². The van der Waals surface area contributed by atoms with Crippen LogP contribution >= 0.6 is 11.3 Å². The number of benzene rings is 1. The first-order chi connectivity index (χ1) is 15.0. The molecule has 5 nitrogen and oxygen atoms in total. The van der Waals surface area contributed by atoms with Gasteiger partial charge in [0.25, 0.3) is 0 Å². The number of aromatic amines is 1. The summed E-state index contributed by atoms with van der Waals surface area (Å²) in [6.45, 7) is 2.33. The highest BCUT2D eigenvalue weighted by Crippen LogP contribution is 2.31. The number of halogens is 3. The summed E-state index contributed by atoms with van der Waals surface area (Å²) < 4.78 is 38.3. The number of hydrogen-bond acceptors (Lipinski definition) is 5. The molecule has 1 N–H and O–H groups in total. The molecular weight excluding hydrogens is 423 g/mol. The van der Waals surface area contributed by atoms with Crippen LogP contribution in [-0.2, 0) is 25.7 Å². The quantitative estimate of drug-likeness (QED) is 0.475. The molecule has 4 heterocycles. The average Bonchev–Trinajstić information content (AvgIpc) is 3.45. The Morgan fingerprint density at radius 1 is 1.10 bits per heavy atom. The third-order valence-corrected chi connectivity index (χ3v) is 6.25. The number of thiophene rings is 1. The van der Waals surface area contributed by atoms with Gasteiger partial charge in [0.15, 0.2) is 5.82 Å². The zero-order valence-electron chi connectivity index (χ0n) is 16.4. The maximum Gasteiger partial charge on any atom is 0.416 e. The second-order valence-corrected chi connectivity index (χ2v) is 8.40. The number of aromatic nitrogens is 4. The molecule has 9 heteroatoms. The van der Waals surface area contributed by atoms with Gasteiger partial charge in [-0.3, -0.25) is 10.00 Å². The van der Waals surface area contributed by atoms with Crippen molar-refractivity contribution in [2.24, 2.45) is 0 Å². The maximum atomic E-state index is 12.8. The van der Waals surface area contributed by atoms with E-state index in [1.807, 2.05) is 17.6 Å². The van der Waals surface area contributed by atoms with E-state index < -0.39 is 11.7 Å². The molecule has 158 valence electrons. The third-order valence-electron chi connectivity index (χ3n) is 5.36. The highest BCUT2D eigenvalue weighted by molar-refractivity contribution is 7.13. The zero-order valence-corrected chi connectivity index (χ0v) is 17.2. The summed E-state index contributed by atoms with van der Waals surface area (Å²) in [6.07, 6.45) is 0.0700. The van der Waals surface area contributed by atoms with Crippen molar-refractivity contribution in [3.05, 3.63) is 76.6 Å². The summed E-state index contributed by atoms with van der Waals surface area (Å²) >= 11 is 1.67. The first-order valence-corrected chi connectivity index (χ1v) is 10.7. The van der Waals surface area contributed by atoms with Gasteiger partial charge in [0.05, 0.1) is 28.0 Å². The van der Waals surface area contributed by atoms with Gasteiger partial charge in [-0.1, -0.05) is 18.2 Å². The first kappa shape index (κ1) is 19.9. The molecule has 3 aromatic heterocycles. The van der Waals surface area contributed by atoms with Gasteiger partial charge in [-0.15, -0.1) is 11.3 Å². The summed E-state index contributed by atoms with van der Waals surface area (Å²) in [4.78, 5) is 12.5. The van der Waals surface area contributed by atoms with Crippen molar-refractivity contribution in [2.45, 2.75) is 25.7 Å². The van der Waals surface area contributed by atoms with Crippen molar-refractivity contribution in [3.8, 4) is 22.0 Å². The Balaban J connectivity index is 1.31. The molecule has 31 heavy (non-hydrogen) atoms. The fourth-order valence-electron chi connectivity index (χ4n) is 3.76. The van der Waals surface area contributed by atoms with E-state index in [4.69, 9.17) is 0 Å². The molecule has 0 spiro atoms. The molecule has 1 aliphatic heterocycles. The van der Waals surface area contributed by atoms with Gasteiger partial charge < -0.3 is 0 Å². The Bertz CT molecular complexity index is 1180. The SMILES string of the molecule is FC(F)(F)c1ccc(-c2ncc3c(n2)CCN(Cc2cn[nH]c2-c2cccs2)C3)cc1. The molecule has 4 aromatic rings. The average molecular weight is 441 g/mol. The predicted molar refractivity (Wildman–Crippen MR) is 112 cm³/mol. The van der Waals surface area contributed by atoms with E-state index in [2.05, 4.69) is 31.1 Å². The predicted octanol–water partition coefficient (Wildman–Crippen LogP) is 5.17. The van der Waals surface area contributed by atoms with Crippen LogP contribution in [0.5, 0.6) is 0 Å². The van der Waals surface area contributed by atoms with Crippen molar-refractivity contribution in [1.82, 2.24) is 25.1 Å². The van der Waals surface area contributed by atoms with Gasteiger partial charge >= 0.3 is 6.18 Å². The topological polar surface area (TPSA) is 57.7 Å². The van der Waals surface area contributed by atoms with Crippen LogP contribution in [0, 0.1) is 0 Å². The molecule has 0 bridgehead atoms. The van der Waals surface area contributed by atoms with Crippen molar-refractivity contribution in [2.75, 3.05) is 6.54 Å². The molecule has 0 unspecified atom stereocenters. The Labute approximate surface area is 180 Å². The Hall–Kier alpha value is -3.04. The summed E-state index contributed by atoms with van der Waals surface area (Å²) in [7, 11) is 0. The minimum absolute atomic E-state index is 0.454. The first-order valence-electron chi connectivity index (χ1n) is 9.78. The number of nitrogens with one attached hydrogen (secondary N) is 1. The van der Waals surface area contributed by atoms with Gasteiger partial charge in [0, 0.05) is 48.9 Å². The highest BCUT2D eigenvalue weighted by atomic mass is 32.1. The van der Waals surface area contributed by atoms with Crippen LogP contribution < -0.4 is 0 Å². The fourth-order valence-corrected chi connectivity index (χ4v) is 4.52. The molecule has 0 fully saturated rings. The lowest BCUT2D eigenvalue weighted by Gasteiger charge is -2.28. The number of fused-ring (bicyclic) bond motifs is 1. The molecular formula is C22H18F3N5S. The van der Waals surface area contributed by atoms with Crippen molar-refractivity contribution in [3.63, 3.8) is 0 Å². The van der Waals surface area contributed by atoms with Crippen molar-refractivity contribution < 1.29 is 13.2 Å². The second kappa shape index (κ2) is 7.90. The van der Waals surface area contributed by atoms with Crippen LogP contribution in [0.3, 0.4) is 0 Å². The van der Waals surface area contributed by atoms with E-state index in [-0.39, 0.29) is 0 Å². The molecule has 0 saturated heterocycles. The van der Waals surface area contributed by atoms with Crippen LogP contribution in [0.1, 0.15) is 22.4 Å². The van der Waals surface area contributed by atoms with Crippen LogP contribution in [0.25, 0.3) is 22.0 Å². The molecule has 0 aliphatic carbocycles. The summed E-state index contributed by atoms with van der Waals surface area (Å²) in [6, 6.07) is 9.07. The van der Waals surface area contributed by atoms with E-state index in [0.29, 0.717) is 11.4 Å². The fraction of sp³-hybridized carbons (Fsp3) is 0.227. The van der Waals surface area contributed by atoms with Crippen LogP contribution in [0.4, 0.5) is 13.2 Å². The standard InChI is InChI=1S/C22H18F3N5S/c23-22(24,25)17-5-3-14(4-6-17)21-26-10-15-12-30(8-7-18(15)28-21)13-16-11-27-29-20(16)19-2-1-9-31-19/h1-6,9-11H,7-8,12-13H2,(H,27,29). The molecule has 1 aromatic carbocycles. The Morgan fingerprint density at radius 3 is 2.68 bits per heavy atom. The largest absolute Gasteiger partial charge is 0.416 e. The zero-order chi connectivity index (χ0) is 21.4.